The van der Waals surface area contributed by atoms with Crippen LogP contribution in [0.15, 0.2) is 18.2 Å². The van der Waals surface area contributed by atoms with Crippen molar-refractivity contribution < 1.29 is 4.74 Å². The minimum Gasteiger partial charge on any atom is -0.488 e. The topological polar surface area (TPSA) is 35.2 Å². The maximum atomic E-state index is 5.89. The first-order valence-corrected chi connectivity index (χ1v) is 5.06. The molecule has 1 aliphatic rings. The molecule has 0 amide bonds. The fourth-order valence-corrected chi connectivity index (χ4v) is 2.23. The molecule has 0 aliphatic carbocycles. The highest BCUT2D eigenvalue weighted by Crippen LogP contribution is 2.41. The van der Waals surface area contributed by atoms with Crippen LogP contribution >= 0.6 is 0 Å². The van der Waals surface area contributed by atoms with Crippen molar-refractivity contribution in [1.82, 2.24) is 0 Å². The molecule has 1 atom stereocenters. The Labute approximate surface area is 85.1 Å². The van der Waals surface area contributed by atoms with E-state index in [1.807, 2.05) is 18.2 Å². The Kier molecular flexibility index (Phi) is 1.95. The van der Waals surface area contributed by atoms with Gasteiger partial charge in [0.1, 0.15) is 11.4 Å². The maximum Gasteiger partial charge on any atom is 0.123 e. The number of fused-ring (bicyclic) bond motifs is 1. The minimum atomic E-state index is -0.0530. The quantitative estimate of drug-likeness (QED) is 0.640. The highest BCUT2D eigenvalue weighted by molar-refractivity contribution is 5.50. The zero-order valence-corrected chi connectivity index (χ0v) is 9.00. The lowest BCUT2D eigenvalue weighted by Crippen LogP contribution is -2.34. The molecule has 76 valence electrons. The van der Waals surface area contributed by atoms with Gasteiger partial charge in [-0.15, -0.1) is 0 Å². The summed E-state index contributed by atoms with van der Waals surface area (Å²) < 4.78 is 5.89. The van der Waals surface area contributed by atoms with Gasteiger partial charge in [0.25, 0.3) is 0 Å². The number of ether oxygens (including phenoxy) is 1. The summed E-state index contributed by atoms with van der Waals surface area (Å²) in [6.07, 6.45) is 1.05. The Morgan fingerprint density at radius 1 is 1.43 bits per heavy atom. The average Bonchev–Trinajstić information content (AvgIpc) is 2.05. The van der Waals surface area contributed by atoms with E-state index in [4.69, 9.17) is 10.5 Å². The van der Waals surface area contributed by atoms with Crippen molar-refractivity contribution in [2.45, 2.75) is 38.7 Å². The molecule has 2 nitrogen and oxygen atoms in total. The van der Waals surface area contributed by atoms with Gasteiger partial charge < -0.3 is 10.5 Å². The number of nitrogens with two attached hydrogens (primary N) is 1. The predicted molar refractivity (Wildman–Crippen MR) is 58.6 cm³/mol. The van der Waals surface area contributed by atoms with Gasteiger partial charge in [0.15, 0.2) is 0 Å². The van der Waals surface area contributed by atoms with Crippen LogP contribution in [-0.2, 0) is 0 Å². The van der Waals surface area contributed by atoms with Gasteiger partial charge in [0, 0.05) is 5.69 Å². The van der Waals surface area contributed by atoms with Crippen LogP contribution in [0.4, 0.5) is 5.69 Å². The Bertz CT molecular complexity index is 357. The molecule has 2 N–H and O–H groups in total. The monoisotopic (exact) mass is 191 g/mol. The van der Waals surface area contributed by atoms with Crippen molar-refractivity contribution in [3.05, 3.63) is 23.8 Å². The Balaban J connectivity index is 2.45. The Morgan fingerprint density at radius 2 is 2.14 bits per heavy atom. The van der Waals surface area contributed by atoms with E-state index in [1.165, 1.54) is 5.56 Å². The normalized spacial score (nSPS) is 23.8. The van der Waals surface area contributed by atoms with Crippen molar-refractivity contribution in [3.63, 3.8) is 0 Å². The SMILES string of the molecule is CC1CC(C)(C)Oc2ccc(N)cc21. The third kappa shape index (κ3) is 1.57. The molecular formula is C12H17NO. The molecule has 0 aromatic heterocycles. The van der Waals surface area contributed by atoms with Gasteiger partial charge in [-0.05, 0) is 49.9 Å². The zero-order valence-electron chi connectivity index (χ0n) is 9.00. The molecule has 14 heavy (non-hydrogen) atoms. The van der Waals surface area contributed by atoms with E-state index in [2.05, 4.69) is 20.8 Å². The maximum absolute atomic E-state index is 5.89. The average molecular weight is 191 g/mol. The van der Waals surface area contributed by atoms with Crippen LogP contribution in [0, 0.1) is 0 Å². The Morgan fingerprint density at radius 3 is 2.86 bits per heavy atom. The summed E-state index contributed by atoms with van der Waals surface area (Å²) in [6, 6.07) is 5.89. The molecule has 0 radical (unpaired) electrons. The summed E-state index contributed by atoms with van der Waals surface area (Å²) in [6.45, 7) is 6.48. The van der Waals surface area contributed by atoms with E-state index in [-0.39, 0.29) is 5.60 Å². The van der Waals surface area contributed by atoms with Gasteiger partial charge in [0.2, 0.25) is 0 Å². The molecule has 1 aliphatic heterocycles. The third-order valence-electron chi connectivity index (χ3n) is 2.75. The molecule has 1 unspecified atom stereocenters. The largest absolute Gasteiger partial charge is 0.488 e. The van der Waals surface area contributed by atoms with E-state index in [0.29, 0.717) is 5.92 Å². The van der Waals surface area contributed by atoms with Gasteiger partial charge >= 0.3 is 0 Å². The van der Waals surface area contributed by atoms with E-state index in [0.717, 1.165) is 17.9 Å². The first-order chi connectivity index (χ1) is 6.48. The summed E-state index contributed by atoms with van der Waals surface area (Å²) in [5.74, 6) is 1.51. The molecular weight excluding hydrogens is 174 g/mol. The second kappa shape index (κ2) is 2.91. The molecule has 0 bridgehead atoms. The molecule has 1 heterocycles. The lowest BCUT2D eigenvalue weighted by molar-refractivity contribution is 0.0747. The van der Waals surface area contributed by atoms with E-state index in [1.54, 1.807) is 0 Å². The van der Waals surface area contributed by atoms with Gasteiger partial charge in [0.05, 0.1) is 0 Å². The second-order valence-electron chi connectivity index (χ2n) is 4.76. The molecule has 1 aromatic rings. The number of rotatable bonds is 0. The van der Waals surface area contributed by atoms with Crippen LogP contribution in [0.5, 0.6) is 5.75 Å². The molecule has 0 fully saturated rings. The van der Waals surface area contributed by atoms with Crippen LogP contribution in [0.2, 0.25) is 0 Å². The van der Waals surface area contributed by atoms with Gasteiger partial charge in [-0.1, -0.05) is 6.92 Å². The molecule has 1 aromatic carbocycles. The summed E-state index contributed by atoms with van der Waals surface area (Å²) in [7, 11) is 0. The number of benzene rings is 1. The van der Waals surface area contributed by atoms with Crippen LogP contribution in [-0.4, -0.2) is 5.60 Å². The molecule has 2 rings (SSSR count). The molecule has 0 saturated heterocycles. The number of nitrogen functional groups attached to an aromatic ring is 1. The zero-order chi connectivity index (χ0) is 10.3. The number of hydrogen-bond acceptors (Lipinski definition) is 2. The van der Waals surface area contributed by atoms with Crippen LogP contribution in [0.25, 0.3) is 0 Å². The van der Waals surface area contributed by atoms with Gasteiger partial charge in [-0.25, -0.2) is 0 Å². The van der Waals surface area contributed by atoms with E-state index in [9.17, 15) is 0 Å². The second-order valence-corrected chi connectivity index (χ2v) is 4.76. The molecule has 2 heteroatoms. The van der Waals surface area contributed by atoms with Crippen LogP contribution in [0.3, 0.4) is 0 Å². The van der Waals surface area contributed by atoms with Crippen molar-refractivity contribution in [3.8, 4) is 5.75 Å². The van der Waals surface area contributed by atoms with Crippen molar-refractivity contribution in [2.75, 3.05) is 5.73 Å². The van der Waals surface area contributed by atoms with Crippen LogP contribution in [0.1, 0.15) is 38.7 Å². The van der Waals surface area contributed by atoms with Crippen molar-refractivity contribution in [1.29, 1.82) is 0 Å². The van der Waals surface area contributed by atoms with E-state index >= 15 is 0 Å². The minimum absolute atomic E-state index is 0.0530. The summed E-state index contributed by atoms with van der Waals surface area (Å²) in [5, 5.41) is 0. The summed E-state index contributed by atoms with van der Waals surface area (Å²) >= 11 is 0. The predicted octanol–water partition coefficient (Wildman–Crippen LogP) is 2.93. The van der Waals surface area contributed by atoms with Gasteiger partial charge in [-0.3, -0.25) is 0 Å². The number of hydrogen-bond donors (Lipinski definition) is 1. The van der Waals surface area contributed by atoms with E-state index < -0.39 is 0 Å². The third-order valence-corrected chi connectivity index (χ3v) is 2.75. The fraction of sp³-hybridized carbons (Fsp3) is 0.500. The number of anilines is 1. The first kappa shape index (κ1) is 9.38. The van der Waals surface area contributed by atoms with Gasteiger partial charge in [-0.2, -0.15) is 0 Å². The lowest BCUT2D eigenvalue weighted by Gasteiger charge is -2.36. The van der Waals surface area contributed by atoms with Crippen LogP contribution < -0.4 is 10.5 Å². The lowest BCUT2D eigenvalue weighted by atomic mass is 9.85. The first-order valence-electron chi connectivity index (χ1n) is 5.06. The standard InChI is InChI=1S/C12H17NO/c1-8-7-12(2,3)14-11-5-4-9(13)6-10(8)11/h4-6,8H,7,13H2,1-3H3. The smallest absolute Gasteiger partial charge is 0.123 e. The fourth-order valence-electron chi connectivity index (χ4n) is 2.23. The highest BCUT2D eigenvalue weighted by Gasteiger charge is 2.31. The van der Waals surface area contributed by atoms with Crippen molar-refractivity contribution in [2.24, 2.45) is 0 Å². The summed E-state index contributed by atoms with van der Waals surface area (Å²) in [4.78, 5) is 0. The highest BCUT2D eigenvalue weighted by atomic mass is 16.5. The Hall–Kier alpha value is -1.18. The molecule has 0 saturated carbocycles. The molecule has 0 spiro atoms. The summed E-state index contributed by atoms with van der Waals surface area (Å²) in [5.41, 5.74) is 7.76. The van der Waals surface area contributed by atoms with Crippen molar-refractivity contribution >= 4 is 5.69 Å².